The monoisotopic (exact) mass is 271 g/mol. The summed E-state index contributed by atoms with van der Waals surface area (Å²) in [6.07, 6.45) is 0. The molecular weight excluding hydrogens is 250 g/mol. The lowest BCUT2D eigenvalue weighted by Crippen LogP contribution is -2.22. The fraction of sp³-hybridized carbons (Fsp3) is 0.571. The summed E-state index contributed by atoms with van der Waals surface area (Å²) < 4.78 is 11.3. The minimum atomic E-state index is -0.141. The Hall–Kier alpha value is -0.770. The average molecular weight is 272 g/mol. The molecule has 0 aliphatic carbocycles. The predicted octanol–water partition coefficient (Wildman–Crippen LogP) is 3.25. The fourth-order valence-electron chi connectivity index (χ4n) is 1.54. The molecule has 0 spiro atoms. The van der Waals surface area contributed by atoms with Gasteiger partial charge >= 0.3 is 0 Å². The van der Waals surface area contributed by atoms with E-state index in [0.29, 0.717) is 18.2 Å². The maximum atomic E-state index is 6.14. The van der Waals surface area contributed by atoms with E-state index in [4.69, 9.17) is 21.1 Å². The molecule has 4 heteroatoms. The molecule has 18 heavy (non-hydrogen) atoms. The third-order valence-corrected chi connectivity index (χ3v) is 2.58. The van der Waals surface area contributed by atoms with Crippen LogP contribution < -0.4 is 10.1 Å². The summed E-state index contributed by atoms with van der Waals surface area (Å²) in [6.45, 7) is 7.85. The summed E-state index contributed by atoms with van der Waals surface area (Å²) >= 11 is 6.14. The number of ether oxygens (including phenoxy) is 2. The summed E-state index contributed by atoms with van der Waals surface area (Å²) in [5.74, 6) is 0.742. The van der Waals surface area contributed by atoms with Crippen LogP contribution in [0.1, 0.15) is 26.3 Å². The van der Waals surface area contributed by atoms with Gasteiger partial charge in [-0.2, -0.15) is 0 Å². The first-order valence-corrected chi connectivity index (χ1v) is 6.50. The Bertz CT molecular complexity index is 375. The minimum Gasteiger partial charge on any atom is -0.489 e. The number of nitrogens with one attached hydrogen (secondary N) is 1. The smallest absolute Gasteiger partial charge is 0.142 e. The quantitative estimate of drug-likeness (QED) is 0.806. The average Bonchev–Trinajstić information content (AvgIpc) is 2.26. The van der Waals surface area contributed by atoms with Gasteiger partial charge in [0.15, 0.2) is 0 Å². The van der Waals surface area contributed by atoms with Crippen LogP contribution in [-0.4, -0.2) is 25.9 Å². The number of hydrogen-bond donors (Lipinski definition) is 1. The molecule has 0 saturated carbocycles. The van der Waals surface area contributed by atoms with E-state index in [2.05, 4.69) is 5.32 Å². The van der Waals surface area contributed by atoms with Gasteiger partial charge in [0.1, 0.15) is 12.4 Å². The van der Waals surface area contributed by atoms with Gasteiger partial charge in [0, 0.05) is 12.1 Å². The van der Waals surface area contributed by atoms with Gasteiger partial charge < -0.3 is 14.8 Å². The molecule has 0 aliphatic heterocycles. The van der Waals surface area contributed by atoms with Crippen molar-refractivity contribution in [3.8, 4) is 5.75 Å². The van der Waals surface area contributed by atoms with E-state index < -0.39 is 0 Å². The highest BCUT2D eigenvalue weighted by atomic mass is 35.5. The maximum absolute atomic E-state index is 6.14. The second-order valence-corrected chi connectivity index (χ2v) is 5.47. The molecule has 1 aromatic carbocycles. The molecule has 0 saturated heterocycles. The van der Waals surface area contributed by atoms with Crippen LogP contribution in [0.3, 0.4) is 0 Å². The Kier molecular flexibility index (Phi) is 5.93. The topological polar surface area (TPSA) is 30.5 Å². The van der Waals surface area contributed by atoms with Crippen molar-refractivity contribution in [3.05, 3.63) is 28.8 Å². The third kappa shape index (κ3) is 5.25. The number of halogens is 1. The van der Waals surface area contributed by atoms with Gasteiger partial charge in [0.25, 0.3) is 0 Å². The molecular formula is C14H22ClNO2. The van der Waals surface area contributed by atoms with Gasteiger partial charge in [-0.1, -0.05) is 23.7 Å². The highest BCUT2D eigenvalue weighted by Gasteiger charge is 2.11. The summed E-state index contributed by atoms with van der Waals surface area (Å²) in [6, 6.07) is 5.76. The number of benzene rings is 1. The lowest BCUT2D eigenvalue weighted by molar-refractivity contribution is -0.0163. The van der Waals surface area contributed by atoms with E-state index in [-0.39, 0.29) is 5.60 Å². The van der Waals surface area contributed by atoms with Crippen LogP contribution in [0.5, 0.6) is 5.75 Å². The molecule has 0 heterocycles. The Balaban J connectivity index is 2.55. The first kappa shape index (κ1) is 15.3. The van der Waals surface area contributed by atoms with Crippen LogP contribution in [-0.2, 0) is 11.3 Å². The van der Waals surface area contributed by atoms with Gasteiger partial charge in [-0.05, 0) is 33.9 Å². The maximum Gasteiger partial charge on any atom is 0.142 e. The van der Waals surface area contributed by atoms with Crippen molar-refractivity contribution in [2.24, 2.45) is 0 Å². The molecule has 102 valence electrons. The van der Waals surface area contributed by atoms with E-state index in [0.717, 1.165) is 17.9 Å². The van der Waals surface area contributed by atoms with Crippen molar-refractivity contribution >= 4 is 11.6 Å². The van der Waals surface area contributed by atoms with Crippen molar-refractivity contribution in [2.45, 2.75) is 32.9 Å². The van der Waals surface area contributed by atoms with Crippen LogP contribution in [0.25, 0.3) is 0 Å². The Morgan fingerprint density at radius 3 is 2.56 bits per heavy atom. The Morgan fingerprint density at radius 2 is 1.94 bits per heavy atom. The summed E-state index contributed by atoms with van der Waals surface area (Å²) in [4.78, 5) is 0. The first-order chi connectivity index (χ1) is 8.44. The van der Waals surface area contributed by atoms with Gasteiger partial charge in [-0.25, -0.2) is 0 Å². The highest BCUT2D eigenvalue weighted by Crippen LogP contribution is 2.28. The zero-order valence-electron chi connectivity index (χ0n) is 11.5. The van der Waals surface area contributed by atoms with Crippen molar-refractivity contribution in [1.29, 1.82) is 0 Å². The van der Waals surface area contributed by atoms with Crippen molar-refractivity contribution in [3.63, 3.8) is 0 Å². The SMILES string of the molecule is CNCc1cccc(Cl)c1OCCOC(C)(C)C. The van der Waals surface area contributed by atoms with Gasteiger partial charge in [0.2, 0.25) is 0 Å². The number of hydrogen-bond acceptors (Lipinski definition) is 3. The molecule has 1 rings (SSSR count). The molecule has 0 aliphatic rings. The second-order valence-electron chi connectivity index (χ2n) is 5.07. The summed E-state index contributed by atoms with van der Waals surface area (Å²) in [5.41, 5.74) is 0.915. The van der Waals surface area contributed by atoms with Gasteiger partial charge in [-0.15, -0.1) is 0 Å². The Labute approximate surface area is 114 Å². The van der Waals surface area contributed by atoms with Crippen LogP contribution >= 0.6 is 11.6 Å². The van der Waals surface area contributed by atoms with Crippen molar-refractivity contribution < 1.29 is 9.47 Å². The summed E-state index contributed by atoms with van der Waals surface area (Å²) in [5, 5.41) is 3.73. The zero-order chi connectivity index (χ0) is 13.6. The molecule has 0 aromatic heterocycles. The van der Waals surface area contributed by atoms with Crippen molar-refractivity contribution in [2.75, 3.05) is 20.3 Å². The second kappa shape index (κ2) is 6.98. The minimum absolute atomic E-state index is 0.141. The molecule has 0 amide bonds. The standard InChI is InChI=1S/C14H22ClNO2/c1-14(2,3)18-9-8-17-13-11(10-16-4)6-5-7-12(13)15/h5-7,16H,8-10H2,1-4H3. The van der Waals surface area contributed by atoms with Crippen LogP contribution in [0, 0.1) is 0 Å². The zero-order valence-corrected chi connectivity index (χ0v) is 12.3. The normalized spacial score (nSPS) is 11.6. The number of rotatable bonds is 6. The first-order valence-electron chi connectivity index (χ1n) is 6.13. The third-order valence-electron chi connectivity index (χ3n) is 2.28. The van der Waals surface area contributed by atoms with Gasteiger partial charge in [-0.3, -0.25) is 0 Å². The fourth-order valence-corrected chi connectivity index (χ4v) is 1.79. The van der Waals surface area contributed by atoms with E-state index in [1.54, 1.807) is 0 Å². The van der Waals surface area contributed by atoms with E-state index >= 15 is 0 Å². The molecule has 1 aromatic rings. The molecule has 3 nitrogen and oxygen atoms in total. The summed E-state index contributed by atoms with van der Waals surface area (Å²) in [7, 11) is 1.90. The van der Waals surface area contributed by atoms with E-state index in [1.165, 1.54) is 0 Å². The molecule has 0 unspecified atom stereocenters. The lowest BCUT2D eigenvalue weighted by atomic mass is 10.2. The molecule has 0 bridgehead atoms. The molecule has 1 N–H and O–H groups in total. The predicted molar refractivity (Wildman–Crippen MR) is 75.4 cm³/mol. The molecule has 0 radical (unpaired) electrons. The highest BCUT2D eigenvalue weighted by molar-refractivity contribution is 6.32. The Morgan fingerprint density at radius 1 is 1.22 bits per heavy atom. The number of para-hydroxylation sites is 1. The van der Waals surface area contributed by atoms with E-state index in [9.17, 15) is 0 Å². The van der Waals surface area contributed by atoms with Crippen LogP contribution in [0.2, 0.25) is 5.02 Å². The van der Waals surface area contributed by atoms with Crippen LogP contribution in [0.4, 0.5) is 0 Å². The van der Waals surface area contributed by atoms with Crippen molar-refractivity contribution in [1.82, 2.24) is 5.32 Å². The van der Waals surface area contributed by atoms with Gasteiger partial charge in [0.05, 0.1) is 17.2 Å². The lowest BCUT2D eigenvalue weighted by Gasteiger charge is -2.20. The van der Waals surface area contributed by atoms with Crippen LogP contribution in [0.15, 0.2) is 18.2 Å². The van der Waals surface area contributed by atoms with E-state index in [1.807, 2.05) is 46.0 Å². The molecule has 0 fully saturated rings. The largest absolute Gasteiger partial charge is 0.489 e. The molecule has 0 atom stereocenters.